The molecule has 2 unspecified atom stereocenters. The second kappa shape index (κ2) is 17.4. The summed E-state index contributed by atoms with van der Waals surface area (Å²) in [6, 6.07) is 0. The average Bonchev–Trinajstić information content (AvgIpc) is 2.91. The van der Waals surface area contributed by atoms with Gasteiger partial charge in [-0.15, -0.1) is 0 Å². The maximum Gasteiger partial charge on any atom is 0.331 e. The van der Waals surface area contributed by atoms with Crippen molar-refractivity contribution in [3.05, 3.63) is 36.5 Å². The minimum Gasteiger partial charge on any atom is -0.466 e. The van der Waals surface area contributed by atoms with Gasteiger partial charge in [-0.1, -0.05) is 6.42 Å². The van der Waals surface area contributed by atoms with Crippen LogP contribution in [0.15, 0.2) is 36.5 Å². The first-order valence-electron chi connectivity index (χ1n) is 11.3. The van der Waals surface area contributed by atoms with Crippen LogP contribution in [-0.4, -0.2) is 100 Å². The van der Waals surface area contributed by atoms with Crippen molar-refractivity contribution in [2.24, 2.45) is 0 Å². The first-order chi connectivity index (χ1) is 17.7. The normalized spacial score (nSPS) is 15.6. The second-order valence-electron chi connectivity index (χ2n) is 7.51. The summed E-state index contributed by atoms with van der Waals surface area (Å²) in [7, 11) is 3.39. The monoisotopic (exact) mass is 525 g/mol. The molecule has 13 heteroatoms. The van der Waals surface area contributed by atoms with E-state index in [-0.39, 0.29) is 6.54 Å². The fraction of sp³-hybridized carbons (Fsp3) is 0.500. The van der Waals surface area contributed by atoms with E-state index < -0.39 is 54.6 Å². The summed E-state index contributed by atoms with van der Waals surface area (Å²) >= 11 is 0. The van der Waals surface area contributed by atoms with E-state index in [1.165, 1.54) is 0 Å². The number of piperidine rings is 1. The Balaban J connectivity index is 3.13. The Morgan fingerprint density at radius 1 is 0.595 bits per heavy atom. The van der Waals surface area contributed by atoms with Gasteiger partial charge in [-0.25, -0.2) is 28.8 Å². The van der Waals surface area contributed by atoms with Gasteiger partial charge in [0.05, 0.1) is 21.3 Å². The van der Waals surface area contributed by atoms with Crippen LogP contribution in [0.3, 0.4) is 0 Å². The molecule has 0 amide bonds. The zero-order valence-electron chi connectivity index (χ0n) is 20.9. The van der Waals surface area contributed by atoms with E-state index in [1.54, 1.807) is 0 Å². The maximum atomic E-state index is 12.4. The van der Waals surface area contributed by atoms with Crippen LogP contribution in [0.25, 0.3) is 0 Å². The van der Waals surface area contributed by atoms with Crippen molar-refractivity contribution in [3.63, 3.8) is 0 Å². The number of ether oxygens (including phenoxy) is 6. The highest BCUT2D eigenvalue weighted by Crippen LogP contribution is 2.15. The number of hydrogen-bond donors (Lipinski definition) is 0. The molecule has 0 aromatic carbocycles. The molecule has 0 aromatic rings. The predicted octanol–water partition coefficient (Wildman–Crippen LogP) is 0.0267. The molecule has 37 heavy (non-hydrogen) atoms. The first kappa shape index (κ1) is 31.0. The maximum absolute atomic E-state index is 12.4. The molecule has 0 bridgehead atoms. The van der Waals surface area contributed by atoms with Gasteiger partial charge in [0.15, 0.2) is 12.2 Å². The van der Waals surface area contributed by atoms with Crippen LogP contribution in [0, 0.1) is 0 Å². The third-order valence-corrected chi connectivity index (χ3v) is 4.90. The number of carbonyl (C=O) groups is 6. The van der Waals surface area contributed by atoms with E-state index in [0.29, 0.717) is 13.1 Å². The highest BCUT2D eigenvalue weighted by atomic mass is 16.6. The van der Waals surface area contributed by atoms with E-state index >= 15 is 0 Å². The Kier molecular flexibility index (Phi) is 14.6. The van der Waals surface area contributed by atoms with Crippen LogP contribution < -0.4 is 0 Å². The third-order valence-electron chi connectivity index (χ3n) is 4.90. The lowest BCUT2D eigenvalue weighted by molar-refractivity contribution is -0.171. The van der Waals surface area contributed by atoms with Crippen molar-refractivity contribution in [1.82, 2.24) is 4.90 Å². The molecule has 0 radical (unpaired) electrons. The van der Waals surface area contributed by atoms with Gasteiger partial charge in [-0.05, 0) is 25.9 Å². The molecule has 0 aliphatic carbocycles. The number of carbonyl (C=O) groups excluding carboxylic acids is 6. The van der Waals surface area contributed by atoms with Crippen LogP contribution in [0.2, 0.25) is 0 Å². The minimum atomic E-state index is -1.32. The summed E-state index contributed by atoms with van der Waals surface area (Å²) in [5.74, 6) is -5.27. The van der Waals surface area contributed by atoms with Gasteiger partial charge in [0.1, 0.15) is 6.61 Å². The minimum absolute atomic E-state index is 0.117. The first-order valence-corrected chi connectivity index (χ1v) is 11.3. The highest BCUT2D eigenvalue weighted by molar-refractivity contribution is 5.93. The summed E-state index contributed by atoms with van der Waals surface area (Å²) in [6.07, 6.45) is 5.37. The summed E-state index contributed by atoms with van der Waals surface area (Å²) in [5.41, 5.74) is 0. The van der Waals surface area contributed by atoms with E-state index in [9.17, 15) is 28.8 Å². The molecule has 0 saturated carbocycles. The van der Waals surface area contributed by atoms with Crippen LogP contribution >= 0.6 is 0 Å². The molecule has 1 heterocycles. The molecule has 1 aliphatic rings. The topological polar surface area (TPSA) is 161 Å². The van der Waals surface area contributed by atoms with Gasteiger partial charge < -0.3 is 28.4 Å². The lowest BCUT2D eigenvalue weighted by Crippen LogP contribution is -2.47. The van der Waals surface area contributed by atoms with E-state index in [1.807, 2.05) is 4.90 Å². The third kappa shape index (κ3) is 13.6. The Morgan fingerprint density at radius 2 is 1.00 bits per heavy atom. The van der Waals surface area contributed by atoms with Gasteiger partial charge in [0, 0.05) is 43.0 Å². The van der Waals surface area contributed by atoms with Gasteiger partial charge in [-0.2, -0.15) is 0 Å². The van der Waals surface area contributed by atoms with Crippen LogP contribution in [0.1, 0.15) is 19.3 Å². The summed E-state index contributed by atoms with van der Waals surface area (Å²) in [6.45, 7) is 0.938. The molecule has 2 atom stereocenters. The number of likely N-dealkylation sites (tertiary alicyclic amines) is 1. The Morgan fingerprint density at radius 3 is 1.46 bits per heavy atom. The fourth-order valence-electron chi connectivity index (χ4n) is 3.05. The Labute approximate surface area is 213 Å². The van der Waals surface area contributed by atoms with Crippen LogP contribution in [0.5, 0.6) is 0 Å². The van der Waals surface area contributed by atoms with Crippen LogP contribution in [-0.2, 0) is 57.2 Å². The van der Waals surface area contributed by atoms with Gasteiger partial charge in [0.2, 0.25) is 0 Å². The lowest BCUT2D eigenvalue weighted by atomic mass is 10.1. The molecule has 0 aromatic heterocycles. The zero-order valence-corrected chi connectivity index (χ0v) is 20.9. The van der Waals surface area contributed by atoms with Crippen molar-refractivity contribution in [2.75, 3.05) is 47.6 Å². The van der Waals surface area contributed by atoms with Gasteiger partial charge >= 0.3 is 35.8 Å². The summed E-state index contributed by atoms with van der Waals surface area (Å²) in [5, 5.41) is 0. The number of methoxy groups -OCH3 is 3. The van der Waals surface area contributed by atoms with E-state index in [4.69, 9.17) is 14.2 Å². The molecular weight excluding hydrogens is 494 g/mol. The number of rotatable bonds is 13. The zero-order chi connectivity index (χ0) is 27.6. The largest absolute Gasteiger partial charge is 0.466 e. The van der Waals surface area contributed by atoms with Crippen molar-refractivity contribution >= 4 is 35.8 Å². The molecule has 204 valence electrons. The average molecular weight is 526 g/mol. The molecule has 1 saturated heterocycles. The quantitative estimate of drug-likeness (QED) is 0.180. The number of nitrogens with zero attached hydrogens (tertiary/aromatic N) is 1. The molecule has 1 aliphatic heterocycles. The standard InChI is InChI=1S/C24H31NO12/c1-32-19(26)7-10-22(29)35-16-18(37-24(31)12-9-21(28)34-3)17(15-25-13-5-4-6-14-25)36-23(30)11-8-20(27)33-2/h7-12,17-18H,4-6,13-16H2,1-3H3/b10-7+,11-8+,12-9+. The van der Waals surface area contributed by atoms with Crippen molar-refractivity contribution in [3.8, 4) is 0 Å². The SMILES string of the molecule is COC(=O)/C=C/C(=O)OCC(OC(=O)/C=C/C(=O)OC)C(CN1CCCCC1)OC(=O)/C=C/C(=O)OC. The molecule has 0 N–H and O–H groups in total. The fourth-order valence-corrected chi connectivity index (χ4v) is 3.05. The van der Waals surface area contributed by atoms with E-state index in [0.717, 1.165) is 77.0 Å². The van der Waals surface area contributed by atoms with Gasteiger partial charge in [-0.3, -0.25) is 4.90 Å². The Bertz CT molecular complexity index is 901. The van der Waals surface area contributed by atoms with Crippen LogP contribution in [0.4, 0.5) is 0 Å². The second-order valence-corrected chi connectivity index (χ2v) is 7.51. The Hall–Kier alpha value is -4.00. The lowest BCUT2D eigenvalue weighted by Gasteiger charge is -2.33. The highest BCUT2D eigenvalue weighted by Gasteiger charge is 2.32. The molecule has 1 rings (SSSR count). The molecular formula is C24H31NO12. The predicted molar refractivity (Wildman–Crippen MR) is 124 cm³/mol. The summed E-state index contributed by atoms with van der Waals surface area (Å²) in [4.78, 5) is 72.6. The van der Waals surface area contributed by atoms with E-state index in [2.05, 4.69) is 14.2 Å². The summed E-state index contributed by atoms with van der Waals surface area (Å²) < 4.78 is 29.2. The van der Waals surface area contributed by atoms with Gasteiger partial charge in [0.25, 0.3) is 0 Å². The molecule has 0 spiro atoms. The number of hydrogen-bond acceptors (Lipinski definition) is 13. The van der Waals surface area contributed by atoms with Crippen molar-refractivity contribution < 1.29 is 57.2 Å². The van der Waals surface area contributed by atoms with Crippen molar-refractivity contribution in [1.29, 1.82) is 0 Å². The number of esters is 6. The van der Waals surface area contributed by atoms with Crippen molar-refractivity contribution in [2.45, 2.75) is 31.5 Å². The molecule has 1 fully saturated rings. The molecule has 13 nitrogen and oxygen atoms in total. The smallest absolute Gasteiger partial charge is 0.331 e.